The molecule has 0 aliphatic carbocycles. The van der Waals surface area contributed by atoms with Crippen LogP contribution in [0.3, 0.4) is 0 Å². The molecule has 4 heteroatoms. The van der Waals surface area contributed by atoms with Crippen LogP contribution in [0.4, 0.5) is 0 Å². The van der Waals surface area contributed by atoms with Crippen molar-refractivity contribution in [2.45, 2.75) is 33.7 Å². The van der Waals surface area contributed by atoms with Crippen molar-refractivity contribution >= 4 is 11.0 Å². The first-order valence-corrected chi connectivity index (χ1v) is 7.63. The molecule has 114 valence electrons. The van der Waals surface area contributed by atoms with E-state index in [1.54, 1.807) is 0 Å². The van der Waals surface area contributed by atoms with Crippen molar-refractivity contribution in [2.75, 3.05) is 6.61 Å². The number of hydrogen-bond donors (Lipinski definition) is 0. The zero-order valence-electron chi connectivity index (χ0n) is 13.3. The summed E-state index contributed by atoms with van der Waals surface area (Å²) in [5.41, 5.74) is 5.82. The van der Waals surface area contributed by atoms with Crippen molar-refractivity contribution < 1.29 is 4.74 Å². The van der Waals surface area contributed by atoms with Crippen LogP contribution in [-0.2, 0) is 6.54 Å². The van der Waals surface area contributed by atoms with Gasteiger partial charge < -0.3 is 4.74 Å². The van der Waals surface area contributed by atoms with Gasteiger partial charge in [0.2, 0.25) is 0 Å². The molecule has 2 aromatic carbocycles. The van der Waals surface area contributed by atoms with E-state index in [2.05, 4.69) is 55.3 Å². The summed E-state index contributed by atoms with van der Waals surface area (Å²) in [4.78, 5) is 0. The van der Waals surface area contributed by atoms with Crippen LogP contribution in [0.2, 0.25) is 0 Å². The lowest BCUT2D eigenvalue weighted by molar-refractivity contribution is 0.299. The minimum Gasteiger partial charge on any atom is -0.494 e. The van der Waals surface area contributed by atoms with E-state index >= 15 is 0 Å². The fourth-order valence-electron chi connectivity index (χ4n) is 2.43. The first-order valence-electron chi connectivity index (χ1n) is 7.63. The third-order valence-electron chi connectivity index (χ3n) is 3.93. The van der Waals surface area contributed by atoms with E-state index < -0.39 is 0 Å². The average molecular weight is 295 g/mol. The molecule has 0 saturated carbocycles. The highest BCUT2D eigenvalue weighted by molar-refractivity contribution is 5.76. The quantitative estimate of drug-likeness (QED) is 0.672. The molecule has 0 saturated heterocycles. The maximum absolute atomic E-state index is 5.75. The lowest BCUT2D eigenvalue weighted by atomic mass is 10.1. The maximum Gasteiger partial charge on any atom is 0.119 e. The summed E-state index contributed by atoms with van der Waals surface area (Å²) in [5.74, 6) is 0.917. The summed E-state index contributed by atoms with van der Waals surface area (Å²) in [7, 11) is 0. The Morgan fingerprint density at radius 1 is 1.00 bits per heavy atom. The SMILES string of the molecule is Cc1ccc(OCCCn2nnc3cc(C)c(C)cc32)cc1. The molecule has 4 nitrogen and oxygen atoms in total. The van der Waals surface area contributed by atoms with E-state index in [9.17, 15) is 0 Å². The number of benzene rings is 2. The van der Waals surface area contributed by atoms with Crippen LogP contribution >= 0.6 is 0 Å². The van der Waals surface area contributed by atoms with Crippen LogP contribution in [0.1, 0.15) is 23.1 Å². The van der Waals surface area contributed by atoms with Gasteiger partial charge in [-0.25, -0.2) is 4.68 Å². The van der Waals surface area contributed by atoms with Gasteiger partial charge in [0, 0.05) is 13.0 Å². The molecule has 0 N–H and O–H groups in total. The Hall–Kier alpha value is -2.36. The van der Waals surface area contributed by atoms with Crippen LogP contribution in [0.25, 0.3) is 11.0 Å². The Kier molecular flexibility index (Phi) is 4.09. The molecule has 0 amide bonds. The van der Waals surface area contributed by atoms with Crippen molar-refractivity contribution in [3.05, 3.63) is 53.1 Å². The van der Waals surface area contributed by atoms with Gasteiger partial charge in [-0.2, -0.15) is 0 Å². The van der Waals surface area contributed by atoms with Crippen LogP contribution in [0, 0.1) is 20.8 Å². The smallest absolute Gasteiger partial charge is 0.119 e. The highest BCUT2D eigenvalue weighted by Gasteiger charge is 2.06. The third kappa shape index (κ3) is 3.11. The van der Waals surface area contributed by atoms with Gasteiger partial charge in [-0.1, -0.05) is 22.9 Å². The fraction of sp³-hybridized carbons (Fsp3) is 0.333. The summed E-state index contributed by atoms with van der Waals surface area (Å²) < 4.78 is 7.71. The summed E-state index contributed by atoms with van der Waals surface area (Å²) >= 11 is 0. The van der Waals surface area contributed by atoms with E-state index in [0.717, 1.165) is 29.7 Å². The molecular weight excluding hydrogens is 274 g/mol. The highest BCUT2D eigenvalue weighted by atomic mass is 16.5. The van der Waals surface area contributed by atoms with Gasteiger partial charge in [0.15, 0.2) is 0 Å². The summed E-state index contributed by atoms with van der Waals surface area (Å²) in [6.45, 7) is 7.78. The van der Waals surface area contributed by atoms with E-state index in [-0.39, 0.29) is 0 Å². The Morgan fingerprint density at radius 3 is 2.50 bits per heavy atom. The van der Waals surface area contributed by atoms with Crippen LogP contribution < -0.4 is 4.74 Å². The monoisotopic (exact) mass is 295 g/mol. The molecule has 0 bridgehead atoms. The Balaban J connectivity index is 1.60. The van der Waals surface area contributed by atoms with Gasteiger partial charge in [-0.3, -0.25) is 0 Å². The Bertz CT molecular complexity index is 775. The van der Waals surface area contributed by atoms with Gasteiger partial charge in [-0.15, -0.1) is 5.10 Å². The molecule has 0 aliphatic rings. The second-order valence-corrected chi connectivity index (χ2v) is 5.75. The molecular formula is C18H21N3O. The molecule has 0 atom stereocenters. The molecule has 0 aliphatic heterocycles. The zero-order valence-corrected chi connectivity index (χ0v) is 13.3. The van der Waals surface area contributed by atoms with Crippen molar-refractivity contribution in [2.24, 2.45) is 0 Å². The molecule has 1 aromatic heterocycles. The number of ether oxygens (including phenoxy) is 1. The number of hydrogen-bond acceptors (Lipinski definition) is 3. The molecule has 1 heterocycles. The Labute approximate surface area is 130 Å². The van der Waals surface area contributed by atoms with Crippen molar-refractivity contribution in [1.82, 2.24) is 15.0 Å². The lowest BCUT2D eigenvalue weighted by Crippen LogP contribution is -2.06. The third-order valence-corrected chi connectivity index (χ3v) is 3.93. The number of aromatic nitrogens is 3. The summed E-state index contributed by atoms with van der Waals surface area (Å²) in [5, 5.41) is 8.48. The first kappa shape index (κ1) is 14.6. The molecule has 0 spiro atoms. The first-order chi connectivity index (χ1) is 10.6. The number of rotatable bonds is 5. The molecule has 3 rings (SSSR count). The fourth-order valence-corrected chi connectivity index (χ4v) is 2.43. The molecule has 0 unspecified atom stereocenters. The van der Waals surface area contributed by atoms with E-state index in [0.29, 0.717) is 6.61 Å². The summed E-state index contributed by atoms with van der Waals surface area (Å²) in [6, 6.07) is 12.4. The highest BCUT2D eigenvalue weighted by Crippen LogP contribution is 2.17. The molecule has 0 fully saturated rings. The van der Waals surface area contributed by atoms with Crippen molar-refractivity contribution in [3.8, 4) is 5.75 Å². The average Bonchev–Trinajstić information content (AvgIpc) is 2.88. The normalized spacial score (nSPS) is 11.0. The van der Waals surface area contributed by atoms with Gasteiger partial charge in [0.25, 0.3) is 0 Å². The predicted octanol–water partition coefficient (Wildman–Crippen LogP) is 3.83. The number of aryl methyl sites for hydroxylation is 4. The van der Waals surface area contributed by atoms with Gasteiger partial charge in [-0.05, 0) is 56.2 Å². The molecule has 3 aromatic rings. The maximum atomic E-state index is 5.75. The number of fused-ring (bicyclic) bond motifs is 1. The topological polar surface area (TPSA) is 39.9 Å². The second kappa shape index (κ2) is 6.18. The van der Waals surface area contributed by atoms with Gasteiger partial charge in [0.05, 0.1) is 12.1 Å². The standard InChI is InChI=1S/C18H21N3O/c1-13-5-7-16(8-6-13)22-10-4-9-21-18-12-15(3)14(2)11-17(18)19-20-21/h5-8,11-12H,4,9-10H2,1-3H3. The van der Waals surface area contributed by atoms with Crippen LogP contribution in [-0.4, -0.2) is 21.6 Å². The molecule has 0 radical (unpaired) electrons. The van der Waals surface area contributed by atoms with Gasteiger partial charge >= 0.3 is 0 Å². The largest absolute Gasteiger partial charge is 0.494 e. The van der Waals surface area contributed by atoms with Crippen LogP contribution in [0.15, 0.2) is 36.4 Å². The van der Waals surface area contributed by atoms with Crippen molar-refractivity contribution in [1.29, 1.82) is 0 Å². The minimum absolute atomic E-state index is 0.676. The second-order valence-electron chi connectivity index (χ2n) is 5.75. The van der Waals surface area contributed by atoms with E-state index in [4.69, 9.17) is 4.74 Å². The van der Waals surface area contributed by atoms with E-state index in [1.165, 1.54) is 16.7 Å². The minimum atomic E-state index is 0.676. The zero-order chi connectivity index (χ0) is 15.5. The van der Waals surface area contributed by atoms with Crippen molar-refractivity contribution in [3.63, 3.8) is 0 Å². The Morgan fingerprint density at radius 2 is 1.73 bits per heavy atom. The van der Waals surface area contributed by atoms with Gasteiger partial charge in [0.1, 0.15) is 11.3 Å². The van der Waals surface area contributed by atoms with E-state index in [1.807, 2.05) is 16.8 Å². The summed E-state index contributed by atoms with van der Waals surface area (Å²) in [6.07, 6.45) is 0.902. The molecule has 22 heavy (non-hydrogen) atoms. The lowest BCUT2D eigenvalue weighted by Gasteiger charge is -2.07. The predicted molar refractivity (Wildman–Crippen MR) is 88.3 cm³/mol. The number of nitrogens with zero attached hydrogens (tertiary/aromatic N) is 3. The van der Waals surface area contributed by atoms with Crippen LogP contribution in [0.5, 0.6) is 5.75 Å².